The SMILES string of the molecule is CCOC(O)c1cnn2cc(OC)c(NC(=O)OC(C)(C)CCC3CC3c3cc4n(n3)C(C)=C(OC)C(N)C4C)cc12. The maximum atomic E-state index is 13.0. The molecular weight excluding hydrogens is 540 g/mol. The number of hydrogen-bond acceptors (Lipinski definition) is 9. The van der Waals surface area contributed by atoms with Crippen LogP contribution in [0.1, 0.15) is 89.0 Å². The fraction of sp³-hybridized carbons (Fsp3) is 0.567. The molecule has 0 aromatic carbocycles. The van der Waals surface area contributed by atoms with E-state index >= 15 is 0 Å². The molecule has 42 heavy (non-hydrogen) atoms. The summed E-state index contributed by atoms with van der Waals surface area (Å²) in [4.78, 5) is 13.0. The maximum absolute atomic E-state index is 13.0. The van der Waals surface area contributed by atoms with Crippen molar-refractivity contribution in [2.45, 2.75) is 83.6 Å². The molecule has 4 N–H and O–H groups in total. The van der Waals surface area contributed by atoms with Crippen molar-refractivity contribution in [3.8, 4) is 5.75 Å². The van der Waals surface area contributed by atoms with Gasteiger partial charge in [-0.3, -0.25) is 5.32 Å². The number of carbonyl (C=O) groups excluding carboxylic acids is 1. The molecule has 228 valence electrons. The molecule has 2 aliphatic rings. The third-order valence-electron chi connectivity index (χ3n) is 8.44. The Kier molecular flexibility index (Phi) is 8.23. The van der Waals surface area contributed by atoms with E-state index in [0.717, 1.165) is 35.7 Å². The van der Waals surface area contributed by atoms with Gasteiger partial charge in [0.05, 0.1) is 60.8 Å². The highest BCUT2D eigenvalue weighted by atomic mass is 16.6. The molecule has 5 unspecified atom stereocenters. The number of anilines is 1. The van der Waals surface area contributed by atoms with Gasteiger partial charge in [0, 0.05) is 24.1 Å². The largest absolute Gasteiger partial charge is 0.498 e. The van der Waals surface area contributed by atoms with Crippen LogP contribution in [0.4, 0.5) is 10.5 Å². The molecular formula is C30H42N6O6. The molecule has 1 amide bonds. The quantitative estimate of drug-likeness (QED) is 0.272. The summed E-state index contributed by atoms with van der Waals surface area (Å²) in [5.41, 5.74) is 10.3. The summed E-state index contributed by atoms with van der Waals surface area (Å²) in [6.07, 6.45) is 4.08. The zero-order chi connectivity index (χ0) is 30.3. The summed E-state index contributed by atoms with van der Waals surface area (Å²) in [5, 5.41) is 22.3. The molecule has 0 bridgehead atoms. The van der Waals surface area contributed by atoms with Gasteiger partial charge in [-0.1, -0.05) is 6.92 Å². The van der Waals surface area contributed by atoms with Crippen LogP contribution in [-0.4, -0.2) is 63.1 Å². The number of rotatable bonds is 11. The van der Waals surface area contributed by atoms with Crippen LogP contribution in [-0.2, 0) is 14.2 Å². The second-order valence-corrected chi connectivity index (χ2v) is 11.8. The minimum atomic E-state index is -1.14. The number of methoxy groups -OCH3 is 2. The molecule has 12 heteroatoms. The number of amides is 1. The van der Waals surface area contributed by atoms with Crippen molar-refractivity contribution < 1.29 is 28.8 Å². The van der Waals surface area contributed by atoms with Gasteiger partial charge in [-0.05, 0) is 65.0 Å². The molecule has 0 saturated heterocycles. The Bertz CT molecular complexity index is 1490. The Labute approximate surface area is 245 Å². The predicted octanol–water partition coefficient (Wildman–Crippen LogP) is 4.76. The molecule has 0 spiro atoms. The number of nitrogens with one attached hydrogen (secondary N) is 1. The number of ether oxygens (including phenoxy) is 4. The van der Waals surface area contributed by atoms with Crippen molar-refractivity contribution in [3.05, 3.63) is 47.2 Å². The van der Waals surface area contributed by atoms with E-state index < -0.39 is 18.0 Å². The number of nitrogens with zero attached hydrogens (tertiary/aromatic N) is 4. The van der Waals surface area contributed by atoms with E-state index in [1.807, 2.05) is 25.5 Å². The highest BCUT2D eigenvalue weighted by Crippen LogP contribution is 2.51. The first-order chi connectivity index (χ1) is 20.0. The molecule has 1 aliphatic carbocycles. The number of carbonyl (C=O) groups is 1. The maximum Gasteiger partial charge on any atom is 0.412 e. The van der Waals surface area contributed by atoms with Gasteiger partial charge >= 0.3 is 6.09 Å². The molecule has 5 atom stereocenters. The third kappa shape index (κ3) is 5.70. The molecule has 1 fully saturated rings. The smallest absolute Gasteiger partial charge is 0.412 e. The molecule has 1 saturated carbocycles. The fourth-order valence-electron chi connectivity index (χ4n) is 5.85. The van der Waals surface area contributed by atoms with Crippen molar-refractivity contribution in [3.63, 3.8) is 0 Å². The summed E-state index contributed by atoms with van der Waals surface area (Å²) >= 11 is 0. The summed E-state index contributed by atoms with van der Waals surface area (Å²) in [5.74, 6) is 2.15. The predicted molar refractivity (Wildman–Crippen MR) is 157 cm³/mol. The highest BCUT2D eigenvalue weighted by molar-refractivity contribution is 5.88. The summed E-state index contributed by atoms with van der Waals surface area (Å²) in [7, 11) is 3.16. The van der Waals surface area contributed by atoms with Gasteiger partial charge < -0.3 is 29.8 Å². The van der Waals surface area contributed by atoms with Gasteiger partial charge in [-0.15, -0.1) is 0 Å². The van der Waals surface area contributed by atoms with Gasteiger partial charge in [-0.2, -0.15) is 10.2 Å². The molecule has 3 aromatic heterocycles. The van der Waals surface area contributed by atoms with E-state index in [9.17, 15) is 9.90 Å². The second kappa shape index (κ2) is 11.6. The number of hydrogen-bond donors (Lipinski definition) is 3. The van der Waals surface area contributed by atoms with Gasteiger partial charge in [-0.25, -0.2) is 14.0 Å². The lowest BCUT2D eigenvalue weighted by atomic mass is 9.93. The molecule has 12 nitrogen and oxygen atoms in total. The van der Waals surface area contributed by atoms with E-state index in [0.29, 0.717) is 47.4 Å². The van der Waals surface area contributed by atoms with Crippen LogP contribution in [0.2, 0.25) is 0 Å². The average Bonchev–Trinajstić information content (AvgIpc) is 3.38. The first-order valence-corrected chi connectivity index (χ1v) is 14.4. The van der Waals surface area contributed by atoms with E-state index in [1.165, 1.54) is 13.3 Å². The zero-order valence-corrected chi connectivity index (χ0v) is 25.4. The van der Waals surface area contributed by atoms with E-state index in [-0.39, 0.29) is 12.0 Å². The molecule has 1 aliphatic heterocycles. The van der Waals surface area contributed by atoms with Gasteiger partial charge in [0.2, 0.25) is 0 Å². The zero-order valence-electron chi connectivity index (χ0n) is 25.4. The number of fused-ring (bicyclic) bond motifs is 2. The number of aliphatic hydroxyl groups excluding tert-OH is 1. The van der Waals surface area contributed by atoms with Crippen LogP contribution in [0.25, 0.3) is 11.2 Å². The Hall–Kier alpha value is -3.61. The Morgan fingerprint density at radius 1 is 1.29 bits per heavy atom. The van der Waals surface area contributed by atoms with Crippen molar-refractivity contribution in [2.75, 3.05) is 26.1 Å². The van der Waals surface area contributed by atoms with Gasteiger partial charge in [0.1, 0.15) is 11.4 Å². The average molecular weight is 583 g/mol. The van der Waals surface area contributed by atoms with Crippen molar-refractivity contribution in [1.82, 2.24) is 19.4 Å². The number of allylic oxidation sites excluding steroid dienone is 1. The minimum absolute atomic E-state index is 0.114. The highest BCUT2D eigenvalue weighted by Gasteiger charge is 2.43. The summed E-state index contributed by atoms with van der Waals surface area (Å²) < 4.78 is 25.7. The number of aliphatic hydroxyl groups is 1. The lowest BCUT2D eigenvalue weighted by Gasteiger charge is -2.29. The number of nitrogens with two attached hydrogens (primary N) is 1. The fourth-order valence-corrected chi connectivity index (χ4v) is 5.85. The van der Waals surface area contributed by atoms with Gasteiger partial charge in [0.15, 0.2) is 12.0 Å². The number of aromatic nitrogens is 4. The van der Waals surface area contributed by atoms with Crippen LogP contribution in [0.5, 0.6) is 5.75 Å². The van der Waals surface area contributed by atoms with Crippen molar-refractivity contribution >= 4 is 23.0 Å². The lowest BCUT2D eigenvalue weighted by Crippen LogP contribution is -2.35. The molecule has 5 rings (SSSR count). The third-order valence-corrected chi connectivity index (χ3v) is 8.44. The van der Waals surface area contributed by atoms with Crippen LogP contribution in [0, 0.1) is 5.92 Å². The molecule has 0 radical (unpaired) electrons. The minimum Gasteiger partial charge on any atom is -0.498 e. The number of pyridine rings is 1. The molecule has 4 heterocycles. The van der Waals surface area contributed by atoms with Crippen LogP contribution >= 0.6 is 0 Å². The monoisotopic (exact) mass is 582 g/mol. The second-order valence-electron chi connectivity index (χ2n) is 11.8. The molecule has 3 aromatic rings. The lowest BCUT2D eigenvalue weighted by molar-refractivity contribution is -0.0970. The van der Waals surface area contributed by atoms with Crippen molar-refractivity contribution in [2.24, 2.45) is 11.7 Å². The Morgan fingerprint density at radius 3 is 2.74 bits per heavy atom. The van der Waals surface area contributed by atoms with E-state index in [4.69, 9.17) is 29.8 Å². The summed E-state index contributed by atoms with van der Waals surface area (Å²) in [6, 6.07) is 3.68. The van der Waals surface area contributed by atoms with E-state index in [2.05, 4.69) is 23.4 Å². The Balaban J connectivity index is 1.20. The van der Waals surface area contributed by atoms with E-state index in [1.54, 1.807) is 30.8 Å². The van der Waals surface area contributed by atoms with Gasteiger partial charge in [0.25, 0.3) is 0 Å². The van der Waals surface area contributed by atoms with Crippen LogP contribution < -0.4 is 15.8 Å². The summed E-state index contributed by atoms with van der Waals surface area (Å²) in [6.45, 7) is 10.1. The van der Waals surface area contributed by atoms with Crippen LogP contribution in [0.15, 0.2) is 30.3 Å². The first-order valence-electron chi connectivity index (χ1n) is 14.4. The normalized spacial score (nSPS) is 22.6. The first kappa shape index (κ1) is 29.9. The topological polar surface area (TPSA) is 147 Å². The Morgan fingerprint density at radius 2 is 2.05 bits per heavy atom. The standard InChI is InChI=1S/C30H42N6O6/c1-8-41-28(37)20-14-32-35-15-25(39-6)22(13-24(20)35)33-29(38)42-30(4,5)10-9-18-11-19(18)21-12-23-16(2)26(31)27(40-7)17(3)36(23)34-21/h12-16,18-19,26,28,37H,8-11,31H2,1-7H3,(H,33,38). The van der Waals surface area contributed by atoms with Crippen LogP contribution in [0.3, 0.4) is 0 Å². The van der Waals surface area contributed by atoms with Crippen molar-refractivity contribution in [1.29, 1.82) is 0 Å².